The topological polar surface area (TPSA) is 34.2 Å². The third-order valence-corrected chi connectivity index (χ3v) is 3.45. The van der Waals surface area contributed by atoms with Crippen LogP contribution in [0.1, 0.15) is 18.4 Å². The Bertz CT molecular complexity index is 351. The fourth-order valence-electron chi connectivity index (χ4n) is 1.87. The lowest BCUT2D eigenvalue weighted by atomic mass is 10.1. The molecular weight excluding hydrogens is 268 g/mol. The summed E-state index contributed by atoms with van der Waals surface area (Å²) in [7, 11) is 0. The molecule has 1 aliphatic rings. The maximum atomic E-state index is 5.35. The molecule has 16 heavy (non-hydrogen) atoms. The SMILES string of the molecule is Cc1cnc(NCCC2CCOC2)c(Br)c1. The average Bonchev–Trinajstić information content (AvgIpc) is 2.74. The van der Waals surface area contributed by atoms with Crippen LogP contribution in [-0.4, -0.2) is 24.7 Å². The third-order valence-electron chi connectivity index (χ3n) is 2.85. The maximum Gasteiger partial charge on any atom is 0.140 e. The van der Waals surface area contributed by atoms with Gasteiger partial charge in [-0.15, -0.1) is 0 Å². The van der Waals surface area contributed by atoms with Crippen LogP contribution in [0.2, 0.25) is 0 Å². The Morgan fingerprint density at radius 1 is 1.62 bits per heavy atom. The van der Waals surface area contributed by atoms with Crippen LogP contribution < -0.4 is 5.32 Å². The van der Waals surface area contributed by atoms with Gasteiger partial charge in [0.2, 0.25) is 0 Å². The van der Waals surface area contributed by atoms with Gasteiger partial charge in [-0.2, -0.15) is 0 Å². The first-order valence-corrected chi connectivity index (χ1v) is 6.49. The molecule has 2 rings (SSSR count). The largest absolute Gasteiger partial charge is 0.381 e. The molecule has 1 aromatic heterocycles. The van der Waals surface area contributed by atoms with Gasteiger partial charge in [-0.1, -0.05) is 0 Å². The van der Waals surface area contributed by atoms with E-state index in [1.807, 2.05) is 13.1 Å². The zero-order chi connectivity index (χ0) is 11.4. The predicted molar refractivity (Wildman–Crippen MR) is 68.7 cm³/mol. The summed E-state index contributed by atoms with van der Waals surface area (Å²) in [5, 5.41) is 3.35. The van der Waals surface area contributed by atoms with Gasteiger partial charge in [0.1, 0.15) is 5.82 Å². The van der Waals surface area contributed by atoms with Crippen molar-refractivity contribution in [2.75, 3.05) is 25.1 Å². The first-order valence-electron chi connectivity index (χ1n) is 5.69. The number of hydrogen-bond acceptors (Lipinski definition) is 3. The quantitative estimate of drug-likeness (QED) is 0.923. The smallest absolute Gasteiger partial charge is 0.140 e. The first kappa shape index (κ1) is 11.9. The minimum absolute atomic E-state index is 0.719. The van der Waals surface area contributed by atoms with Gasteiger partial charge in [0, 0.05) is 26.0 Å². The number of hydrogen-bond donors (Lipinski definition) is 1. The lowest BCUT2D eigenvalue weighted by Crippen LogP contribution is -2.10. The molecule has 0 spiro atoms. The van der Waals surface area contributed by atoms with Crippen molar-refractivity contribution < 1.29 is 4.74 Å². The number of ether oxygens (including phenoxy) is 1. The molecule has 3 nitrogen and oxygen atoms in total. The summed E-state index contributed by atoms with van der Waals surface area (Å²) in [5.41, 5.74) is 1.17. The number of halogens is 1. The highest BCUT2D eigenvalue weighted by atomic mass is 79.9. The van der Waals surface area contributed by atoms with Crippen LogP contribution in [0.4, 0.5) is 5.82 Å². The van der Waals surface area contributed by atoms with E-state index in [1.54, 1.807) is 0 Å². The summed E-state index contributed by atoms with van der Waals surface area (Å²) in [5.74, 6) is 1.65. The molecule has 0 aliphatic carbocycles. The highest BCUT2D eigenvalue weighted by Crippen LogP contribution is 2.21. The van der Waals surface area contributed by atoms with Crippen LogP contribution in [-0.2, 0) is 4.74 Å². The molecule has 1 aliphatic heterocycles. The standard InChI is InChI=1S/C12H17BrN2O/c1-9-6-11(13)12(15-7-9)14-4-2-10-3-5-16-8-10/h6-7,10H,2-5,8H2,1H3,(H,14,15). The monoisotopic (exact) mass is 284 g/mol. The van der Waals surface area contributed by atoms with Crippen molar-refractivity contribution in [2.45, 2.75) is 19.8 Å². The third kappa shape index (κ3) is 3.19. The Balaban J connectivity index is 1.80. The van der Waals surface area contributed by atoms with Gasteiger partial charge in [-0.25, -0.2) is 4.98 Å². The Morgan fingerprint density at radius 3 is 3.19 bits per heavy atom. The summed E-state index contributed by atoms with van der Waals surface area (Å²) in [4.78, 5) is 4.35. The lowest BCUT2D eigenvalue weighted by molar-refractivity contribution is 0.185. The van der Waals surface area contributed by atoms with Crippen molar-refractivity contribution in [1.82, 2.24) is 4.98 Å². The van der Waals surface area contributed by atoms with Crippen molar-refractivity contribution in [3.05, 3.63) is 22.3 Å². The van der Waals surface area contributed by atoms with Gasteiger partial charge in [-0.3, -0.25) is 0 Å². The zero-order valence-electron chi connectivity index (χ0n) is 9.50. The Kier molecular flexibility index (Phi) is 4.18. The van der Waals surface area contributed by atoms with Crippen molar-refractivity contribution in [3.8, 4) is 0 Å². The molecule has 0 radical (unpaired) electrons. The van der Waals surface area contributed by atoms with Crippen molar-refractivity contribution >= 4 is 21.7 Å². The fourth-order valence-corrected chi connectivity index (χ4v) is 2.47. The molecule has 0 aromatic carbocycles. The number of aryl methyl sites for hydroxylation is 1. The van der Waals surface area contributed by atoms with Crippen LogP contribution in [0.25, 0.3) is 0 Å². The Hall–Kier alpha value is -0.610. The zero-order valence-corrected chi connectivity index (χ0v) is 11.1. The summed E-state index contributed by atoms with van der Waals surface area (Å²) in [6.07, 6.45) is 4.23. The molecule has 4 heteroatoms. The van der Waals surface area contributed by atoms with Crippen LogP contribution in [0.5, 0.6) is 0 Å². The van der Waals surface area contributed by atoms with E-state index in [4.69, 9.17) is 4.74 Å². The van der Waals surface area contributed by atoms with Gasteiger partial charge in [0.15, 0.2) is 0 Å². The Morgan fingerprint density at radius 2 is 2.50 bits per heavy atom. The molecule has 1 unspecified atom stereocenters. The van der Waals surface area contributed by atoms with Crippen LogP contribution in [0, 0.1) is 12.8 Å². The summed E-state index contributed by atoms with van der Waals surface area (Å²) in [6, 6.07) is 2.08. The number of aromatic nitrogens is 1. The highest BCUT2D eigenvalue weighted by Gasteiger charge is 2.14. The molecule has 0 amide bonds. The van der Waals surface area contributed by atoms with Gasteiger partial charge >= 0.3 is 0 Å². The summed E-state index contributed by atoms with van der Waals surface area (Å²) < 4.78 is 6.38. The van der Waals surface area contributed by atoms with E-state index in [0.29, 0.717) is 0 Å². The van der Waals surface area contributed by atoms with Crippen LogP contribution >= 0.6 is 15.9 Å². The van der Waals surface area contributed by atoms with E-state index in [9.17, 15) is 0 Å². The maximum absolute atomic E-state index is 5.35. The summed E-state index contributed by atoms with van der Waals surface area (Å²) >= 11 is 3.51. The van der Waals surface area contributed by atoms with Gasteiger partial charge in [-0.05, 0) is 53.2 Å². The van der Waals surface area contributed by atoms with E-state index in [-0.39, 0.29) is 0 Å². The molecule has 88 valence electrons. The summed E-state index contributed by atoms with van der Waals surface area (Å²) in [6.45, 7) is 4.85. The second-order valence-corrected chi connectivity index (χ2v) is 5.14. The van der Waals surface area contributed by atoms with E-state index >= 15 is 0 Å². The fraction of sp³-hybridized carbons (Fsp3) is 0.583. The molecular formula is C12H17BrN2O. The number of nitrogens with zero attached hydrogens (tertiary/aromatic N) is 1. The lowest BCUT2D eigenvalue weighted by Gasteiger charge is -2.10. The van der Waals surface area contributed by atoms with Crippen molar-refractivity contribution in [3.63, 3.8) is 0 Å². The molecule has 1 aromatic rings. The second-order valence-electron chi connectivity index (χ2n) is 4.29. The molecule has 0 bridgehead atoms. The molecule has 1 saturated heterocycles. The molecule has 1 N–H and O–H groups in total. The van der Waals surface area contributed by atoms with Gasteiger partial charge in [0.05, 0.1) is 4.47 Å². The van der Waals surface area contributed by atoms with Crippen LogP contribution in [0.15, 0.2) is 16.7 Å². The number of nitrogens with one attached hydrogen (secondary N) is 1. The molecule has 1 atom stereocenters. The predicted octanol–water partition coefficient (Wildman–Crippen LogP) is 2.99. The number of pyridine rings is 1. The minimum atomic E-state index is 0.719. The minimum Gasteiger partial charge on any atom is -0.381 e. The number of rotatable bonds is 4. The normalized spacial score (nSPS) is 20.0. The van der Waals surface area contributed by atoms with E-state index in [0.717, 1.165) is 42.4 Å². The number of anilines is 1. The highest BCUT2D eigenvalue weighted by molar-refractivity contribution is 9.10. The van der Waals surface area contributed by atoms with E-state index < -0.39 is 0 Å². The molecule has 1 fully saturated rings. The molecule has 2 heterocycles. The van der Waals surface area contributed by atoms with Crippen LogP contribution in [0.3, 0.4) is 0 Å². The van der Waals surface area contributed by atoms with Crippen molar-refractivity contribution in [2.24, 2.45) is 5.92 Å². The van der Waals surface area contributed by atoms with Gasteiger partial charge < -0.3 is 10.1 Å². The molecule has 0 saturated carbocycles. The van der Waals surface area contributed by atoms with Gasteiger partial charge in [0.25, 0.3) is 0 Å². The van der Waals surface area contributed by atoms with E-state index in [1.165, 1.54) is 12.0 Å². The first-order chi connectivity index (χ1) is 7.75. The average molecular weight is 285 g/mol. The Labute approximate surface area is 105 Å². The van der Waals surface area contributed by atoms with Crippen molar-refractivity contribution in [1.29, 1.82) is 0 Å². The van der Waals surface area contributed by atoms with E-state index in [2.05, 4.69) is 32.3 Å². The second kappa shape index (κ2) is 5.64.